The number of benzene rings is 1. The average Bonchev–Trinajstić information content (AvgIpc) is 2.22. The molecule has 2 N–H and O–H groups in total. The molecule has 0 unspecified atom stereocenters. The van der Waals surface area contributed by atoms with Crippen LogP contribution < -0.4 is 10.6 Å². The lowest BCUT2D eigenvalue weighted by Crippen LogP contribution is -2.25. The fourth-order valence-corrected chi connectivity index (χ4v) is 1.43. The van der Waals surface area contributed by atoms with Gasteiger partial charge in [-0.2, -0.15) is 0 Å². The molecule has 3 nitrogen and oxygen atoms in total. The molecule has 0 aliphatic rings. The Labute approximate surface area is 100 Å². The predicted octanol–water partition coefficient (Wildman–Crippen LogP) is 2.41. The quantitative estimate of drug-likeness (QED) is 0.808. The number of nitrogen functional groups attached to an aromatic ring is 1. The number of nitrogens with zero attached hydrogens (tertiary/aromatic N) is 1. The van der Waals surface area contributed by atoms with E-state index in [0.717, 1.165) is 6.07 Å². The number of hydrogen-bond acceptors (Lipinski definition) is 3. The summed E-state index contributed by atoms with van der Waals surface area (Å²) in [7, 11) is 1.72. The summed E-state index contributed by atoms with van der Waals surface area (Å²) in [6.45, 7) is 4.85. The van der Waals surface area contributed by atoms with Crippen LogP contribution in [0.15, 0.2) is 12.1 Å². The first-order valence-electron chi connectivity index (χ1n) is 5.49. The molecule has 0 saturated heterocycles. The van der Waals surface area contributed by atoms with Crippen molar-refractivity contribution in [1.82, 2.24) is 0 Å². The first-order valence-corrected chi connectivity index (χ1v) is 5.49. The highest BCUT2D eigenvalue weighted by Gasteiger charge is 2.11. The lowest BCUT2D eigenvalue weighted by Gasteiger charge is -2.22. The molecule has 96 valence electrons. The van der Waals surface area contributed by atoms with Crippen molar-refractivity contribution in [3.63, 3.8) is 0 Å². The molecule has 17 heavy (non-hydrogen) atoms. The fraction of sp³-hybridized carbons (Fsp3) is 0.500. The number of likely N-dealkylation sites (N-methyl/N-ethyl adjacent to an activating group) is 1. The van der Waals surface area contributed by atoms with Crippen molar-refractivity contribution in [2.45, 2.75) is 20.0 Å². The van der Waals surface area contributed by atoms with Gasteiger partial charge in [-0.1, -0.05) is 0 Å². The number of nitrogens with two attached hydrogens (primary N) is 1. The molecular formula is C12H18F2N2O. The molecule has 0 aromatic heterocycles. The lowest BCUT2D eigenvalue weighted by atomic mass is 10.2. The van der Waals surface area contributed by atoms with Gasteiger partial charge in [-0.3, -0.25) is 0 Å². The van der Waals surface area contributed by atoms with Crippen molar-refractivity contribution in [1.29, 1.82) is 0 Å². The van der Waals surface area contributed by atoms with Crippen LogP contribution in [-0.4, -0.2) is 26.3 Å². The Morgan fingerprint density at radius 2 is 2.00 bits per heavy atom. The van der Waals surface area contributed by atoms with Gasteiger partial charge in [0.1, 0.15) is 5.82 Å². The molecule has 0 aliphatic carbocycles. The number of rotatable bonds is 5. The Bertz CT molecular complexity index is 383. The van der Waals surface area contributed by atoms with E-state index in [0.29, 0.717) is 18.8 Å². The van der Waals surface area contributed by atoms with Crippen LogP contribution >= 0.6 is 0 Å². The second kappa shape index (κ2) is 5.82. The molecule has 1 rings (SSSR count). The van der Waals surface area contributed by atoms with E-state index in [2.05, 4.69) is 0 Å². The van der Waals surface area contributed by atoms with Gasteiger partial charge in [0, 0.05) is 19.7 Å². The second-order valence-electron chi connectivity index (χ2n) is 4.16. The molecule has 5 heteroatoms. The first kappa shape index (κ1) is 13.7. The number of anilines is 2. The van der Waals surface area contributed by atoms with Gasteiger partial charge in [0.05, 0.1) is 24.1 Å². The van der Waals surface area contributed by atoms with Crippen LogP contribution in [0.2, 0.25) is 0 Å². The van der Waals surface area contributed by atoms with E-state index < -0.39 is 11.6 Å². The molecule has 0 spiro atoms. The topological polar surface area (TPSA) is 38.5 Å². The summed E-state index contributed by atoms with van der Waals surface area (Å²) >= 11 is 0. The lowest BCUT2D eigenvalue weighted by molar-refractivity contribution is 0.0846. The minimum absolute atomic E-state index is 0.0431. The summed E-state index contributed by atoms with van der Waals surface area (Å²) in [4.78, 5) is 1.67. The van der Waals surface area contributed by atoms with Crippen LogP contribution in [0.1, 0.15) is 13.8 Å². The van der Waals surface area contributed by atoms with Crippen LogP contribution in [0.25, 0.3) is 0 Å². The van der Waals surface area contributed by atoms with Crippen LogP contribution in [-0.2, 0) is 4.74 Å². The van der Waals surface area contributed by atoms with E-state index in [1.54, 1.807) is 11.9 Å². The zero-order valence-corrected chi connectivity index (χ0v) is 10.3. The highest BCUT2D eigenvalue weighted by molar-refractivity contribution is 5.67. The minimum atomic E-state index is -0.739. The van der Waals surface area contributed by atoms with Gasteiger partial charge in [-0.25, -0.2) is 8.78 Å². The third kappa shape index (κ3) is 3.85. The van der Waals surface area contributed by atoms with Gasteiger partial charge in [0.15, 0.2) is 5.82 Å². The van der Waals surface area contributed by atoms with Gasteiger partial charge in [0.25, 0.3) is 0 Å². The van der Waals surface area contributed by atoms with Gasteiger partial charge in [-0.05, 0) is 19.9 Å². The standard InChI is InChI=1S/C12H18F2N2O/c1-8(2)17-5-4-16(3)11-7-9(13)6-10(14)12(11)15/h6-8H,4-5,15H2,1-3H3. The molecule has 0 atom stereocenters. The van der Waals surface area contributed by atoms with Crippen molar-refractivity contribution in [2.24, 2.45) is 0 Å². The Balaban J connectivity index is 2.71. The summed E-state index contributed by atoms with van der Waals surface area (Å²) in [5.74, 6) is -1.38. The molecule has 0 fully saturated rings. The Hall–Kier alpha value is -1.36. The predicted molar refractivity (Wildman–Crippen MR) is 65.1 cm³/mol. The summed E-state index contributed by atoms with van der Waals surface area (Å²) in [5, 5.41) is 0. The Morgan fingerprint density at radius 1 is 1.35 bits per heavy atom. The van der Waals surface area contributed by atoms with Crippen molar-refractivity contribution in [3.8, 4) is 0 Å². The molecule has 0 heterocycles. The van der Waals surface area contributed by atoms with Crippen molar-refractivity contribution < 1.29 is 13.5 Å². The highest BCUT2D eigenvalue weighted by Crippen LogP contribution is 2.26. The molecular weight excluding hydrogens is 226 g/mol. The van der Waals surface area contributed by atoms with E-state index in [-0.39, 0.29) is 11.8 Å². The summed E-state index contributed by atoms with van der Waals surface area (Å²) in [5.41, 5.74) is 5.86. The molecule has 0 amide bonds. The minimum Gasteiger partial charge on any atom is -0.395 e. The van der Waals surface area contributed by atoms with E-state index >= 15 is 0 Å². The first-order chi connectivity index (χ1) is 7.91. The average molecular weight is 244 g/mol. The summed E-state index contributed by atoms with van der Waals surface area (Å²) in [6.07, 6.45) is 0.130. The maximum Gasteiger partial charge on any atom is 0.151 e. The highest BCUT2D eigenvalue weighted by atomic mass is 19.1. The van der Waals surface area contributed by atoms with Crippen molar-refractivity contribution >= 4 is 11.4 Å². The zero-order valence-electron chi connectivity index (χ0n) is 10.3. The van der Waals surface area contributed by atoms with Crippen molar-refractivity contribution in [3.05, 3.63) is 23.8 Å². The normalized spacial score (nSPS) is 10.9. The third-order valence-corrected chi connectivity index (χ3v) is 2.36. The maximum absolute atomic E-state index is 13.2. The molecule has 0 radical (unpaired) electrons. The Kier molecular flexibility index (Phi) is 4.69. The maximum atomic E-state index is 13.2. The van der Waals surface area contributed by atoms with Crippen molar-refractivity contribution in [2.75, 3.05) is 30.8 Å². The van der Waals surface area contributed by atoms with Crippen LogP contribution in [0.3, 0.4) is 0 Å². The third-order valence-electron chi connectivity index (χ3n) is 2.36. The SMILES string of the molecule is CC(C)OCCN(C)c1cc(F)cc(F)c1N. The number of ether oxygens (including phenoxy) is 1. The summed E-state index contributed by atoms with van der Waals surface area (Å²) < 4.78 is 31.7. The second-order valence-corrected chi connectivity index (χ2v) is 4.16. The number of halogens is 2. The fourth-order valence-electron chi connectivity index (χ4n) is 1.43. The van der Waals surface area contributed by atoms with Gasteiger partial charge in [-0.15, -0.1) is 0 Å². The van der Waals surface area contributed by atoms with Gasteiger partial charge >= 0.3 is 0 Å². The number of hydrogen-bond donors (Lipinski definition) is 1. The molecule has 0 bridgehead atoms. The van der Waals surface area contributed by atoms with Crippen LogP contribution in [0, 0.1) is 11.6 Å². The van der Waals surface area contributed by atoms with Crippen LogP contribution in [0.4, 0.5) is 20.2 Å². The van der Waals surface area contributed by atoms with E-state index in [1.165, 1.54) is 6.07 Å². The molecule has 0 aliphatic heterocycles. The van der Waals surface area contributed by atoms with E-state index in [4.69, 9.17) is 10.5 Å². The molecule has 1 aromatic carbocycles. The van der Waals surface area contributed by atoms with Gasteiger partial charge < -0.3 is 15.4 Å². The Morgan fingerprint density at radius 3 is 2.59 bits per heavy atom. The monoisotopic (exact) mass is 244 g/mol. The summed E-state index contributed by atoms with van der Waals surface area (Å²) in [6, 6.07) is 1.99. The largest absolute Gasteiger partial charge is 0.395 e. The zero-order chi connectivity index (χ0) is 13.0. The smallest absolute Gasteiger partial charge is 0.151 e. The van der Waals surface area contributed by atoms with Crippen LogP contribution in [0.5, 0.6) is 0 Å². The van der Waals surface area contributed by atoms with E-state index in [1.807, 2.05) is 13.8 Å². The van der Waals surface area contributed by atoms with E-state index in [9.17, 15) is 8.78 Å². The molecule has 1 aromatic rings. The molecule has 0 saturated carbocycles. The van der Waals surface area contributed by atoms with Gasteiger partial charge in [0.2, 0.25) is 0 Å².